The zero-order chi connectivity index (χ0) is 16.2. The first-order valence-corrected chi connectivity index (χ1v) is 7.58. The molecule has 3 rings (SSSR count). The van der Waals surface area contributed by atoms with Crippen molar-refractivity contribution in [2.24, 2.45) is 5.92 Å². The number of nitrogens with zero attached hydrogens (tertiary/aromatic N) is 2. The first-order valence-electron chi connectivity index (χ1n) is 7.58. The molecule has 1 fully saturated rings. The predicted octanol–water partition coefficient (Wildman–Crippen LogP) is 3.15. The minimum absolute atomic E-state index is 0.0540. The molecule has 0 unspecified atom stereocenters. The Morgan fingerprint density at radius 3 is 2.87 bits per heavy atom. The lowest BCUT2D eigenvalue weighted by Crippen LogP contribution is -2.00. The predicted molar refractivity (Wildman–Crippen MR) is 83.4 cm³/mol. The topological polar surface area (TPSA) is 88.1 Å². The zero-order valence-corrected chi connectivity index (χ0v) is 12.8. The monoisotopic (exact) mass is 311 g/mol. The summed E-state index contributed by atoms with van der Waals surface area (Å²) in [6, 6.07) is 5.46. The number of aromatic nitrogens is 3. The van der Waals surface area contributed by atoms with E-state index in [2.05, 4.69) is 27.3 Å². The molecule has 2 N–H and O–H groups in total. The first-order chi connectivity index (χ1) is 11.1. The van der Waals surface area contributed by atoms with Gasteiger partial charge in [-0.05, 0) is 43.5 Å². The molecule has 0 aliphatic heterocycles. The van der Waals surface area contributed by atoms with E-state index in [1.165, 1.54) is 25.7 Å². The molecule has 118 valence electrons. The maximum Gasteiger partial charge on any atom is 0.359 e. The molecule has 0 spiro atoms. The van der Waals surface area contributed by atoms with Gasteiger partial charge in [-0.2, -0.15) is 0 Å². The summed E-state index contributed by atoms with van der Waals surface area (Å²) in [7, 11) is 0. The van der Waals surface area contributed by atoms with Gasteiger partial charge in [0, 0.05) is 11.5 Å². The van der Waals surface area contributed by atoms with Crippen LogP contribution in [0.2, 0.25) is 0 Å². The third-order valence-corrected chi connectivity index (χ3v) is 3.91. The summed E-state index contributed by atoms with van der Waals surface area (Å²) < 4.78 is 5.49. The number of nitrogens with one attached hydrogen (secondary N) is 1. The van der Waals surface area contributed by atoms with Gasteiger partial charge in [0.05, 0.1) is 0 Å². The number of aromatic amines is 1. The normalized spacial score (nSPS) is 14.3. The van der Waals surface area contributed by atoms with Gasteiger partial charge < -0.3 is 9.84 Å². The number of rotatable bonds is 3. The molecule has 0 amide bonds. The Morgan fingerprint density at radius 2 is 2.17 bits per heavy atom. The van der Waals surface area contributed by atoms with E-state index >= 15 is 0 Å². The van der Waals surface area contributed by atoms with Gasteiger partial charge in [-0.15, -0.1) is 0 Å². The number of H-pyrrole nitrogens is 1. The Morgan fingerprint density at radius 1 is 1.39 bits per heavy atom. The van der Waals surface area contributed by atoms with Gasteiger partial charge in [0.25, 0.3) is 5.88 Å². The lowest BCUT2D eigenvalue weighted by atomic mass is 10.1. The number of ether oxygens (including phenoxy) is 1. The number of aryl methyl sites for hydroxylation is 1. The number of hydrogen-bond donors (Lipinski definition) is 2. The van der Waals surface area contributed by atoms with Gasteiger partial charge in [-0.25, -0.2) is 9.89 Å². The zero-order valence-electron chi connectivity index (χ0n) is 12.8. The third kappa shape index (κ3) is 3.51. The Kier molecular flexibility index (Phi) is 4.29. The second kappa shape index (κ2) is 6.53. The molecular weight excluding hydrogens is 294 g/mol. The lowest BCUT2D eigenvalue weighted by molar-refractivity contribution is 0.0687. The molecule has 2 aromatic rings. The molecule has 0 radical (unpaired) electrons. The van der Waals surface area contributed by atoms with Crippen molar-refractivity contribution >= 4 is 5.97 Å². The highest BCUT2D eigenvalue weighted by atomic mass is 16.5. The largest absolute Gasteiger partial charge is 0.476 e. The van der Waals surface area contributed by atoms with E-state index in [1.54, 1.807) is 6.07 Å². The molecule has 6 heteroatoms. The maximum absolute atomic E-state index is 11.0. The maximum atomic E-state index is 11.0. The molecule has 0 bridgehead atoms. The van der Waals surface area contributed by atoms with Crippen molar-refractivity contribution in [2.75, 3.05) is 0 Å². The van der Waals surface area contributed by atoms with Crippen LogP contribution in [0.25, 0.3) is 0 Å². The fourth-order valence-corrected chi connectivity index (χ4v) is 2.63. The van der Waals surface area contributed by atoms with Gasteiger partial charge in [-0.3, -0.25) is 0 Å². The second-order valence-corrected chi connectivity index (χ2v) is 5.63. The molecule has 0 atom stereocenters. The number of benzene rings is 1. The van der Waals surface area contributed by atoms with Crippen LogP contribution in [0, 0.1) is 24.7 Å². The van der Waals surface area contributed by atoms with E-state index in [0.29, 0.717) is 11.7 Å². The van der Waals surface area contributed by atoms with Crippen LogP contribution in [0.1, 0.15) is 47.3 Å². The molecule has 1 saturated carbocycles. The SMILES string of the molecule is Cc1cc(Oc2nn[nH]c2C(=O)O)ccc1C#CC1CCCC1. The van der Waals surface area contributed by atoms with Crippen molar-refractivity contribution < 1.29 is 14.6 Å². The highest BCUT2D eigenvalue weighted by Gasteiger charge is 2.16. The second-order valence-electron chi connectivity index (χ2n) is 5.63. The first kappa shape index (κ1) is 15.1. The number of carbonyl (C=O) groups is 1. The Hall–Kier alpha value is -2.81. The van der Waals surface area contributed by atoms with Crippen molar-refractivity contribution in [3.8, 4) is 23.5 Å². The van der Waals surface area contributed by atoms with Crippen LogP contribution in [0.4, 0.5) is 0 Å². The summed E-state index contributed by atoms with van der Waals surface area (Å²) in [4.78, 5) is 11.0. The average molecular weight is 311 g/mol. The number of aromatic carboxylic acids is 1. The molecule has 1 aliphatic rings. The Bertz CT molecular complexity index is 780. The van der Waals surface area contributed by atoms with Gasteiger partial charge in [-0.1, -0.05) is 35.0 Å². The quantitative estimate of drug-likeness (QED) is 0.850. The van der Waals surface area contributed by atoms with Gasteiger partial charge in [0.15, 0.2) is 0 Å². The molecule has 0 saturated heterocycles. The van der Waals surface area contributed by atoms with Crippen molar-refractivity contribution in [2.45, 2.75) is 32.6 Å². The van der Waals surface area contributed by atoms with Crippen LogP contribution in [-0.4, -0.2) is 26.5 Å². The number of carboxylic acids is 1. The summed E-state index contributed by atoms with van der Waals surface area (Å²) in [5.74, 6) is 6.37. The van der Waals surface area contributed by atoms with Gasteiger partial charge in [0.2, 0.25) is 5.69 Å². The highest BCUT2D eigenvalue weighted by Crippen LogP contribution is 2.25. The number of hydrogen-bond acceptors (Lipinski definition) is 4. The van der Waals surface area contributed by atoms with Crippen LogP contribution in [0.5, 0.6) is 11.6 Å². The van der Waals surface area contributed by atoms with Crippen LogP contribution < -0.4 is 4.74 Å². The van der Waals surface area contributed by atoms with Crippen LogP contribution in [0.15, 0.2) is 18.2 Å². The van der Waals surface area contributed by atoms with Crippen molar-refractivity contribution in [1.29, 1.82) is 0 Å². The minimum Gasteiger partial charge on any atom is -0.476 e. The molecular formula is C17H17N3O3. The van der Waals surface area contributed by atoms with Crippen LogP contribution in [-0.2, 0) is 0 Å². The summed E-state index contributed by atoms with van der Waals surface area (Å²) in [5.41, 5.74) is 1.77. The summed E-state index contributed by atoms with van der Waals surface area (Å²) in [5, 5.41) is 18.4. The Labute approximate surface area is 133 Å². The summed E-state index contributed by atoms with van der Waals surface area (Å²) in [6.07, 6.45) is 4.93. The summed E-state index contributed by atoms with van der Waals surface area (Å²) >= 11 is 0. The van der Waals surface area contributed by atoms with E-state index in [9.17, 15) is 4.79 Å². The lowest BCUT2D eigenvalue weighted by Gasteiger charge is -2.05. The Balaban J connectivity index is 1.76. The fourth-order valence-electron chi connectivity index (χ4n) is 2.63. The van der Waals surface area contributed by atoms with Crippen molar-refractivity contribution in [3.05, 3.63) is 35.0 Å². The van der Waals surface area contributed by atoms with Gasteiger partial charge in [0.1, 0.15) is 5.75 Å². The molecule has 1 aromatic heterocycles. The van der Waals surface area contributed by atoms with Crippen LogP contribution in [0.3, 0.4) is 0 Å². The number of carboxylic acid groups (broad SMARTS) is 1. The van der Waals surface area contributed by atoms with Crippen molar-refractivity contribution in [1.82, 2.24) is 15.4 Å². The van der Waals surface area contributed by atoms with E-state index in [-0.39, 0.29) is 11.6 Å². The average Bonchev–Trinajstić information content (AvgIpc) is 3.17. The third-order valence-electron chi connectivity index (χ3n) is 3.91. The molecule has 1 aromatic carbocycles. The molecule has 1 heterocycles. The smallest absolute Gasteiger partial charge is 0.359 e. The van der Waals surface area contributed by atoms with E-state index < -0.39 is 5.97 Å². The molecule has 1 aliphatic carbocycles. The molecule has 23 heavy (non-hydrogen) atoms. The van der Waals surface area contributed by atoms with E-state index in [4.69, 9.17) is 9.84 Å². The standard InChI is InChI=1S/C17H17N3O3/c1-11-10-14(23-16-15(17(21)22)18-20-19-16)9-8-13(11)7-6-12-4-2-3-5-12/h8-10,12H,2-5H2,1H3,(H,21,22)(H,18,19,20). The van der Waals surface area contributed by atoms with E-state index in [1.807, 2.05) is 19.1 Å². The van der Waals surface area contributed by atoms with Crippen LogP contribution >= 0.6 is 0 Å². The van der Waals surface area contributed by atoms with Crippen molar-refractivity contribution in [3.63, 3.8) is 0 Å². The fraction of sp³-hybridized carbons (Fsp3) is 0.353. The van der Waals surface area contributed by atoms with Gasteiger partial charge >= 0.3 is 5.97 Å². The summed E-state index contributed by atoms with van der Waals surface area (Å²) in [6.45, 7) is 1.95. The molecule has 6 nitrogen and oxygen atoms in total. The highest BCUT2D eigenvalue weighted by molar-refractivity contribution is 5.87. The minimum atomic E-state index is -1.17. The van der Waals surface area contributed by atoms with E-state index in [0.717, 1.165) is 11.1 Å².